The standard InChI is InChI=1S/C13H18N2O4/c1-8(2)19-12(16)7-15(3)11-5-4-9(13(17)18)6-10(11)14/h4-6,8H,7,14H2,1-3H3,(H,17,18). The fourth-order valence-corrected chi connectivity index (χ4v) is 1.61. The summed E-state index contributed by atoms with van der Waals surface area (Å²) in [6.45, 7) is 3.59. The first-order chi connectivity index (χ1) is 8.81. The molecule has 0 aliphatic heterocycles. The van der Waals surface area contributed by atoms with Gasteiger partial charge in [0.05, 0.1) is 23.0 Å². The van der Waals surface area contributed by atoms with Gasteiger partial charge in [-0.05, 0) is 32.0 Å². The summed E-state index contributed by atoms with van der Waals surface area (Å²) < 4.78 is 5.03. The number of hydrogen-bond donors (Lipinski definition) is 2. The summed E-state index contributed by atoms with van der Waals surface area (Å²) in [5.41, 5.74) is 6.78. The number of anilines is 2. The number of aromatic carboxylic acids is 1. The Bertz CT molecular complexity index is 486. The highest BCUT2D eigenvalue weighted by Crippen LogP contribution is 2.23. The van der Waals surface area contributed by atoms with Gasteiger partial charge in [0.15, 0.2) is 0 Å². The Hall–Kier alpha value is -2.24. The van der Waals surface area contributed by atoms with Crippen LogP contribution in [0.2, 0.25) is 0 Å². The lowest BCUT2D eigenvalue weighted by molar-refractivity contribution is -0.145. The first kappa shape index (κ1) is 14.8. The molecule has 104 valence electrons. The van der Waals surface area contributed by atoms with Crippen molar-refractivity contribution >= 4 is 23.3 Å². The van der Waals surface area contributed by atoms with Gasteiger partial charge < -0.3 is 20.5 Å². The van der Waals surface area contributed by atoms with E-state index in [1.807, 2.05) is 0 Å². The van der Waals surface area contributed by atoms with E-state index in [4.69, 9.17) is 15.6 Å². The highest BCUT2D eigenvalue weighted by atomic mass is 16.5. The SMILES string of the molecule is CC(C)OC(=O)CN(C)c1ccc(C(=O)O)cc1N. The van der Waals surface area contributed by atoms with Crippen LogP contribution in [0.3, 0.4) is 0 Å². The van der Waals surface area contributed by atoms with Crippen LogP contribution in [0.4, 0.5) is 11.4 Å². The first-order valence-electron chi connectivity index (χ1n) is 5.84. The first-order valence-corrected chi connectivity index (χ1v) is 5.84. The summed E-state index contributed by atoms with van der Waals surface area (Å²) in [7, 11) is 1.69. The van der Waals surface area contributed by atoms with Crippen LogP contribution in [0.15, 0.2) is 18.2 Å². The molecule has 0 spiro atoms. The van der Waals surface area contributed by atoms with E-state index in [1.54, 1.807) is 31.9 Å². The van der Waals surface area contributed by atoms with Crippen LogP contribution in [-0.2, 0) is 9.53 Å². The van der Waals surface area contributed by atoms with Gasteiger partial charge in [0, 0.05) is 7.05 Å². The Morgan fingerprint density at radius 2 is 2.05 bits per heavy atom. The molecule has 6 heteroatoms. The van der Waals surface area contributed by atoms with Crippen LogP contribution < -0.4 is 10.6 Å². The van der Waals surface area contributed by atoms with Crippen LogP contribution in [0.1, 0.15) is 24.2 Å². The number of nitrogens with zero attached hydrogens (tertiary/aromatic N) is 1. The Morgan fingerprint density at radius 3 is 2.53 bits per heavy atom. The number of nitrogen functional groups attached to an aromatic ring is 1. The van der Waals surface area contributed by atoms with Crippen molar-refractivity contribution in [1.82, 2.24) is 0 Å². The fraction of sp³-hybridized carbons (Fsp3) is 0.385. The quantitative estimate of drug-likeness (QED) is 0.617. The van der Waals surface area contributed by atoms with Gasteiger partial charge in [-0.3, -0.25) is 4.79 Å². The van der Waals surface area contributed by atoms with E-state index in [9.17, 15) is 9.59 Å². The van der Waals surface area contributed by atoms with E-state index in [0.29, 0.717) is 11.4 Å². The number of carbonyl (C=O) groups excluding carboxylic acids is 1. The van der Waals surface area contributed by atoms with E-state index in [2.05, 4.69) is 0 Å². The molecule has 0 aliphatic rings. The number of benzene rings is 1. The van der Waals surface area contributed by atoms with Crippen LogP contribution in [0.25, 0.3) is 0 Å². The summed E-state index contributed by atoms with van der Waals surface area (Å²) in [6.07, 6.45) is -0.173. The molecule has 1 rings (SSSR count). The number of carboxylic acids is 1. The van der Waals surface area contributed by atoms with Gasteiger partial charge in [0.1, 0.15) is 6.54 Å². The van der Waals surface area contributed by atoms with Gasteiger partial charge >= 0.3 is 11.9 Å². The number of esters is 1. The molecule has 0 amide bonds. The van der Waals surface area contributed by atoms with Crippen molar-refractivity contribution < 1.29 is 19.4 Å². The number of carboxylic acid groups (broad SMARTS) is 1. The second-order valence-corrected chi connectivity index (χ2v) is 4.47. The van der Waals surface area contributed by atoms with Crippen LogP contribution in [0.5, 0.6) is 0 Å². The van der Waals surface area contributed by atoms with Gasteiger partial charge in [-0.25, -0.2) is 4.79 Å². The van der Waals surface area contributed by atoms with Gasteiger partial charge in [-0.2, -0.15) is 0 Å². The van der Waals surface area contributed by atoms with Crippen molar-refractivity contribution in [2.24, 2.45) is 0 Å². The lowest BCUT2D eigenvalue weighted by Crippen LogP contribution is -2.29. The van der Waals surface area contributed by atoms with Gasteiger partial charge in [-0.1, -0.05) is 0 Å². The number of carbonyl (C=O) groups is 2. The topological polar surface area (TPSA) is 92.9 Å². The molecule has 0 radical (unpaired) electrons. The van der Waals surface area contributed by atoms with E-state index >= 15 is 0 Å². The number of likely N-dealkylation sites (N-methyl/N-ethyl adjacent to an activating group) is 1. The summed E-state index contributed by atoms with van der Waals surface area (Å²) in [5, 5.41) is 8.84. The van der Waals surface area contributed by atoms with Crippen LogP contribution >= 0.6 is 0 Å². The maximum absolute atomic E-state index is 11.5. The van der Waals surface area contributed by atoms with E-state index in [0.717, 1.165) is 0 Å². The Morgan fingerprint density at radius 1 is 1.42 bits per heavy atom. The summed E-state index contributed by atoms with van der Waals surface area (Å²) >= 11 is 0. The van der Waals surface area contributed by atoms with E-state index in [1.165, 1.54) is 12.1 Å². The van der Waals surface area contributed by atoms with Crippen molar-refractivity contribution in [3.8, 4) is 0 Å². The predicted octanol–water partition coefficient (Wildman–Crippen LogP) is 1.35. The zero-order valence-electron chi connectivity index (χ0n) is 11.2. The lowest BCUT2D eigenvalue weighted by atomic mass is 10.1. The number of nitrogens with two attached hydrogens (primary N) is 1. The van der Waals surface area contributed by atoms with Gasteiger partial charge in [-0.15, -0.1) is 0 Å². The maximum Gasteiger partial charge on any atom is 0.335 e. The Kier molecular flexibility index (Phi) is 4.74. The molecule has 0 atom stereocenters. The molecule has 0 fully saturated rings. The molecule has 1 aromatic rings. The predicted molar refractivity (Wildman–Crippen MR) is 72.3 cm³/mol. The third kappa shape index (κ3) is 4.17. The zero-order valence-corrected chi connectivity index (χ0v) is 11.2. The molecular formula is C13H18N2O4. The molecule has 6 nitrogen and oxygen atoms in total. The fourth-order valence-electron chi connectivity index (χ4n) is 1.61. The monoisotopic (exact) mass is 266 g/mol. The smallest absolute Gasteiger partial charge is 0.335 e. The minimum absolute atomic E-state index is 0.0504. The minimum Gasteiger partial charge on any atom is -0.478 e. The average Bonchev–Trinajstić information content (AvgIpc) is 2.26. The third-order valence-electron chi connectivity index (χ3n) is 2.42. The van der Waals surface area contributed by atoms with Crippen LogP contribution in [-0.4, -0.2) is 36.7 Å². The van der Waals surface area contributed by atoms with E-state index < -0.39 is 5.97 Å². The van der Waals surface area contributed by atoms with Crippen molar-refractivity contribution in [2.75, 3.05) is 24.2 Å². The zero-order chi connectivity index (χ0) is 14.6. The average molecular weight is 266 g/mol. The second-order valence-electron chi connectivity index (χ2n) is 4.47. The van der Waals surface area contributed by atoms with Crippen molar-refractivity contribution in [3.63, 3.8) is 0 Å². The molecule has 0 heterocycles. The van der Waals surface area contributed by atoms with Gasteiger partial charge in [0.2, 0.25) is 0 Å². The minimum atomic E-state index is -1.04. The summed E-state index contributed by atoms with van der Waals surface area (Å²) in [6, 6.07) is 4.38. The normalized spacial score (nSPS) is 10.3. The van der Waals surface area contributed by atoms with Crippen molar-refractivity contribution in [1.29, 1.82) is 0 Å². The van der Waals surface area contributed by atoms with Crippen molar-refractivity contribution in [2.45, 2.75) is 20.0 Å². The Balaban J connectivity index is 2.80. The highest BCUT2D eigenvalue weighted by Gasteiger charge is 2.13. The van der Waals surface area contributed by atoms with Crippen LogP contribution in [0, 0.1) is 0 Å². The maximum atomic E-state index is 11.5. The molecule has 0 aliphatic carbocycles. The number of ether oxygens (including phenoxy) is 1. The molecular weight excluding hydrogens is 248 g/mol. The summed E-state index contributed by atoms with van der Waals surface area (Å²) in [4.78, 5) is 23.9. The van der Waals surface area contributed by atoms with Gasteiger partial charge in [0.25, 0.3) is 0 Å². The number of rotatable bonds is 5. The highest BCUT2D eigenvalue weighted by molar-refractivity contribution is 5.90. The molecule has 1 aromatic carbocycles. The molecule has 0 saturated heterocycles. The molecule has 0 aromatic heterocycles. The molecule has 0 unspecified atom stereocenters. The molecule has 0 bridgehead atoms. The third-order valence-corrected chi connectivity index (χ3v) is 2.42. The lowest BCUT2D eigenvalue weighted by Gasteiger charge is -2.21. The summed E-state index contributed by atoms with van der Waals surface area (Å²) in [5.74, 6) is -1.40. The molecule has 3 N–H and O–H groups in total. The second kappa shape index (κ2) is 6.08. The Labute approximate surface area is 111 Å². The van der Waals surface area contributed by atoms with Crippen molar-refractivity contribution in [3.05, 3.63) is 23.8 Å². The van der Waals surface area contributed by atoms with E-state index in [-0.39, 0.29) is 24.2 Å². The number of hydrogen-bond acceptors (Lipinski definition) is 5. The molecule has 19 heavy (non-hydrogen) atoms. The molecule has 0 saturated carbocycles. The largest absolute Gasteiger partial charge is 0.478 e.